The lowest BCUT2D eigenvalue weighted by atomic mass is 9.74. The van der Waals surface area contributed by atoms with Crippen LogP contribution in [0.3, 0.4) is 0 Å². The maximum Gasteiger partial charge on any atom is 0.311 e. The number of hydrogen-bond acceptors (Lipinski definition) is 3. The number of nitrogens with zero attached hydrogens (tertiary/aromatic N) is 1. The Morgan fingerprint density at radius 1 is 1.29 bits per heavy atom. The molecule has 1 amide bonds. The van der Waals surface area contributed by atoms with Crippen molar-refractivity contribution >= 4 is 11.9 Å². The molecular formula is C17H23NO3. The molecular weight excluding hydrogens is 266 g/mol. The highest BCUT2D eigenvalue weighted by atomic mass is 16.5. The molecule has 0 aromatic heterocycles. The van der Waals surface area contributed by atoms with Gasteiger partial charge in [-0.2, -0.15) is 0 Å². The number of amides is 1. The molecule has 0 unspecified atom stereocenters. The Labute approximate surface area is 126 Å². The Hall–Kier alpha value is -1.84. The predicted molar refractivity (Wildman–Crippen MR) is 80.3 cm³/mol. The van der Waals surface area contributed by atoms with Gasteiger partial charge >= 0.3 is 5.97 Å². The van der Waals surface area contributed by atoms with Crippen molar-refractivity contribution in [3.8, 4) is 0 Å². The molecule has 4 nitrogen and oxygen atoms in total. The maximum absolute atomic E-state index is 12.7. The van der Waals surface area contributed by atoms with Gasteiger partial charge in [-0.1, -0.05) is 51.1 Å². The van der Waals surface area contributed by atoms with E-state index in [1.165, 1.54) is 7.11 Å². The van der Waals surface area contributed by atoms with Crippen molar-refractivity contribution in [3.05, 3.63) is 35.9 Å². The molecule has 2 atom stereocenters. The number of carbonyl (C=O) groups excluding carboxylic acids is 2. The number of carbonyl (C=O) groups is 2. The molecule has 0 N–H and O–H groups in total. The number of benzene rings is 1. The van der Waals surface area contributed by atoms with Crippen LogP contribution in [-0.4, -0.2) is 30.4 Å². The molecule has 1 aliphatic rings. The number of methoxy groups -OCH3 is 1. The highest BCUT2D eigenvalue weighted by Crippen LogP contribution is 2.39. The van der Waals surface area contributed by atoms with Gasteiger partial charge in [0.15, 0.2) is 0 Å². The van der Waals surface area contributed by atoms with E-state index < -0.39 is 0 Å². The second kappa shape index (κ2) is 5.88. The standard InChI is InChI=1S/C17H23NO3/c1-17(2,3)14-13(16(20)21-4)11-18(15(14)19)10-12-8-6-5-7-9-12/h5-9,13-14H,10-11H2,1-4H3/t13-,14-/m1/s1. The van der Waals surface area contributed by atoms with E-state index >= 15 is 0 Å². The third-order valence-electron chi connectivity index (χ3n) is 4.05. The minimum atomic E-state index is -0.383. The monoisotopic (exact) mass is 289 g/mol. The smallest absolute Gasteiger partial charge is 0.311 e. The zero-order valence-corrected chi connectivity index (χ0v) is 13.1. The van der Waals surface area contributed by atoms with Gasteiger partial charge < -0.3 is 9.64 Å². The lowest BCUT2D eigenvalue weighted by Gasteiger charge is -2.28. The summed E-state index contributed by atoms with van der Waals surface area (Å²) < 4.78 is 4.89. The van der Waals surface area contributed by atoms with Crippen LogP contribution < -0.4 is 0 Å². The maximum atomic E-state index is 12.7. The Balaban J connectivity index is 2.22. The molecule has 0 bridgehead atoms. The first kappa shape index (κ1) is 15.5. The van der Waals surface area contributed by atoms with Gasteiger partial charge in [-0.05, 0) is 11.0 Å². The molecule has 2 rings (SSSR count). The number of ether oxygens (including phenoxy) is 1. The molecule has 0 spiro atoms. The van der Waals surface area contributed by atoms with Gasteiger partial charge in [0.25, 0.3) is 0 Å². The summed E-state index contributed by atoms with van der Waals surface area (Å²) in [7, 11) is 1.38. The SMILES string of the molecule is COC(=O)[C@@H]1CN(Cc2ccccc2)C(=O)[C@@H]1C(C)(C)C. The van der Waals surface area contributed by atoms with Crippen molar-refractivity contribution in [1.29, 1.82) is 0 Å². The van der Waals surface area contributed by atoms with Crippen LogP contribution in [0.15, 0.2) is 30.3 Å². The summed E-state index contributed by atoms with van der Waals surface area (Å²) >= 11 is 0. The van der Waals surface area contributed by atoms with Gasteiger partial charge in [0, 0.05) is 13.1 Å². The third-order valence-corrected chi connectivity index (χ3v) is 4.05. The average Bonchev–Trinajstić information content (AvgIpc) is 2.76. The molecule has 1 saturated heterocycles. The van der Waals surface area contributed by atoms with E-state index in [0.29, 0.717) is 13.1 Å². The molecule has 1 heterocycles. The van der Waals surface area contributed by atoms with Gasteiger partial charge in [0.2, 0.25) is 5.91 Å². The molecule has 1 fully saturated rings. The highest BCUT2D eigenvalue weighted by molar-refractivity contribution is 5.89. The fraction of sp³-hybridized carbons (Fsp3) is 0.529. The lowest BCUT2D eigenvalue weighted by Crippen LogP contribution is -2.35. The van der Waals surface area contributed by atoms with Gasteiger partial charge in [-0.25, -0.2) is 0 Å². The van der Waals surface area contributed by atoms with Crippen molar-refractivity contribution < 1.29 is 14.3 Å². The normalized spacial score (nSPS) is 22.5. The molecule has 1 aromatic carbocycles. The van der Waals surface area contributed by atoms with E-state index in [2.05, 4.69) is 0 Å². The minimum Gasteiger partial charge on any atom is -0.469 e. The number of rotatable bonds is 3. The van der Waals surface area contributed by atoms with Crippen molar-refractivity contribution in [2.24, 2.45) is 17.3 Å². The molecule has 1 aromatic rings. The molecule has 1 aliphatic heterocycles. The van der Waals surface area contributed by atoms with E-state index in [1.54, 1.807) is 4.90 Å². The second-order valence-electron chi connectivity index (χ2n) is 6.68. The topological polar surface area (TPSA) is 46.6 Å². The molecule has 4 heteroatoms. The van der Waals surface area contributed by atoms with Crippen molar-refractivity contribution in [2.75, 3.05) is 13.7 Å². The Morgan fingerprint density at radius 3 is 2.43 bits per heavy atom. The Kier molecular flexibility index (Phi) is 4.35. The fourth-order valence-corrected chi connectivity index (χ4v) is 3.08. The van der Waals surface area contributed by atoms with Crippen LogP contribution >= 0.6 is 0 Å². The van der Waals surface area contributed by atoms with Gasteiger partial charge in [0.05, 0.1) is 18.9 Å². The number of likely N-dealkylation sites (tertiary alicyclic amines) is 1. The van der Waals surface area contributed by atoms with Gasteiger partial charge in [-0.3, -0.25) is 9.59 Å². The molecule has 0 aliphatic carbocycles. The summed E-state index contributed by atoms with van der Waals surface area (Å²) in [5, 5.41) is 0. The second-order valence-corrected chi connectivity index (χ2v) is 6.68. The van der Waals surface area contributed by atoms with Gasteiger partial charge in [0.1, 0.15) is 0 Å². The third kappa shape index (κ3) is 3.26. The quantitative estimate of drug-likeness (QED) is 0.803. The van der Waals surface area contributed by atoms with Crippen LogP contribution in [0.4, 0.5) is 0 Å². The summed E-state index contributed by atoms with van der Waals surface area (Å²) in [4.78, 5) is 26.5. The number of esters is 1. The van der Waals surface area contributed by atoms with Crippen molar-refractivity contribution in [2.45, 2.75) is 27.3 Å². The van der Waals surface area contributed by atoms with Crippen molar-refractivity contribution in [3.63, 3.8) is 0 Å². The molecule has 114 valence electrons. The van der Waals surface area contributed by atoms with Crippen LogP contribution in [0.1, 0.15) is 26.3 Å². The molecule has 21 heavy (non-hydrogen) atoms. The van der Waals surface area contributed by atoms with Crippen LogP contribution in [0.25, 0.3) is 0 Å². The van der Waals surface area contributed by atoms with Crippen LogP contribution in [-0.2, 0) is 20.9 Å². The first-order valence-corrected chi connectivity index (χ1v) is 7.25. The van der Waals surface area contributed by atoms with E-state index in [4.69, 9.17) is 4.74 Å². The average molecular weight is 289 g/mol. The molecule has 0 saturated carbocycles. The van der Waals surface area contributed by atoms with E-state index in [0.717, 1.165) is 5.56 Å². The van der Waals surface area contributed by atoms with Crippen LogP contribution in [0.2, 0.25) is 0 Å². The summed E-state index contributed by atoms with van der Waals surface area (Å²) in [6.45, 7) is 6.97. The summed E-state index contributed by atoms with van der Waals surface area (Å²) in [6.07, 6.45) is 0. The van der Waals surface area contributed by atoms with E-state index in [9.17, 15) is 9.59 Å². The summed E-state index contributed by atoms with van der Waals surface area (Å²) in [6, 6.07) is 9.84. The highest BCUT2D eigenvalue weighted by Gasteiger charge is 2.50. The predicted octanol–water partition coefficient (Wildman–Crippen LogP) is 2.48. The summed E-state index contributed by atoms with van der Waals surface area (Å²) in [5.74, 6) is -0.958. The minimum absolute atomic E-state index is 0.0433. The Bertz CT molecular complexity index is 519. The zero-order chi connectivity index (χ0) is 15.6. The van der Waals surface area contributed by atoms with Crippen LogP contribution in [0.5, 0.6) is 0 Å². The summed E-state index contributed by atoms with van der Waals surface area (Å²) in [5.41, 5.74) is 0.811. The molecule has 0 radical (unpaired) electrons. The first-order valence-electron chi connectivity index (χ1n) is 7.25. The Morgan fingerprint density at radius 2 is 1.90 bits per heavy atom. The number of hydrogen-bond donors (Lipinski definition) is 0. The lowest BCUT2D eigenvalue weighted by molar-refractivity contribution is -0.149. The van der Waals surface area contributed by atoms with E-state index in [-0.39, 0.29) is 29.1 Å². The largest absolute Gasteiger partial charge is 0.469 e. The first-order chi connectivity index (χ1) is 9.84. The van der Waals surface area contributed by atoms with Crippen LogP contribution in [0, 0.1) is 17.3 Å². The van der Waals surface area contributed by atoms with E-state index in [1.807, 2.05) is 51.1 Å². The van der Waals surface area contributed by atoms with Crippen molar-refractivity contribution in [1.82, 2.24) is 4.90 Å². The zero-order valence-electron chi connectivity index (χ0n) is 13.1. The fourth-order valence-electron chi connectivity index (χ4n) is 3.08. The van der Waals surface area contributed by atoms with Gasteiger partial charge in [-0.15, -0.1) is 0 Å².